The van der Waals surface area contributed by atoms with E-state index >= 15 is 0 Å². The molecule has 1 saturated heterocycles. The Hall–Kier alpha value is -1.55. The minimum absolute atomic E-state index is 0.0546. The lowest BCUT2D eigenvalue weighted by atomic mass is 10.1. The first-order valence-corrected chi connectivity index (χ1v) is 5.80. The molecule has 1 aliphatic rings. The molecule has 1 heterocycles. The average molecular weight is 235 g/mol. The highest BCUT2D eigenvalue weighted by atomic mass is 16.5. The van der Waals surface area contributed by atoms with Gasteiger partial charge in [0.05, 0.1) is 6.10 Å². The van der Waals surface area contributed by atoms with E-state index in [2.05, 4.69) is 5.32 Å². The summed E-state index contributed by atoms with van der Waals surface area (Å²) in [5.74, 6) is 0.796. The number of hydrogen-bond acceptors (Lipinski definition) is 3. The van der Waals surface area contributed by atoms with Crippen molar-refractivity contribution in [1.29, 1.82) is 0 Å². The topological polar surface area (TPSA) is 47.6 Å². The van der Waals surface area contributed by atoms with Crippen molar-refractivity contribution < 1.29 is 14.3 Å². The van der Waals surface area contributed by atoms with Crippen molar-refractivity contribution >= 4 is 5.91 Å². The zero-order chi connectivity index (χ0) is 12.3. The third-order valence-corrected chi connectivity index (χ3v) is 2.52. The Bertz CT molecular complexity index is 376. The van der Waals surface area contributed by atoms with E-state index in [0.717, 1.165) is 11.3 Å². The zero-order valence-corrected chi connectivity index (χ0v) is 10.1. The molecule has 0 saturated carbocycles. The van der Waals surface area contributed by atoms with Crippen LogP contribution < -0.4 is 10.1 Å². The molecule has 4 heteroatoms. The summed E-state index contributed by atoms with van der Waals surface area (Å²) in [4.78, 5) is 11.0. The lowest BCUT2D eigenvalue weighted by molar-refractivity contribution is -0.133. The van der Waals surface area contributed by atoms with Crippen molar-refractivity contribution in [2.45, 2.75) is 26.1 Å². The molecular weight excluding hydrogens is 218 g/mol. The van der Waals surface area contributed by atoms with Crippen molar-refractivity contribution in [1.82, 2.24) is 5.32 Å². The van der Waals surface area contributed by atoms with E-state index in [0.29, 0.717) is 6.54 Å². The van der Waals surface area contributed by atoms with Crippen LogP contribution in [0.4, 0.5) is 0 Å². The summed E-state index contributed by atoms with van der Waals surface area (Å²) in [7, 11) is 0. The van der Waals surface area contributed by atoms with Gasteiger partial charge in [-0.1, -0.05) is 12.1 Å². The number of morpholine rings is 1. The summed E-state index contributed by atoms with van der Waals surface area (Å²) in [6.07, 6.45) is 0.117. The van der Waals surface area contributed by atoms with Crippen LogP contribution in [0.25, 0.3) is 0 Å². The molecule has 2 rings (SSSR count). The quantitative estimate of drug-likeness (QED) is 0.866. The van der Waals surface area contributed by atoms with Crippen molar-refractivity contribution in [2.75, 3.05) is 13.2 Å². The number of amides is 1. The second kappa shape index (κ2) is 5.19. The third-order valence-electron chi connectivity index (χ3n) is 2.52. The lowest BCUT2D eigenvalue weighted by Crippen LogP contribution is -2.38. The van der Waals surface area contributed by atoms with Gasteiger partial charge in [0.1, 0.15) is 18.5 Å². The monoisotopic (exact) mass is 235 g/mol. The largest absolute Gasteiger partial charge is 0.491 e. The second-order valence-corrected chi connectivity index (χ2v) is 4.34. The van der Waals surface area contributed by atoms with Crippen LogP contribution in [-0.2, 0) is 9.53 Å². The molecule has 1 aromatic rings. The first-order chi connectivity index (χ1) is 8.15. The Morgan fingerprint density at radius 1 is 1.35 bits per heavy atom. The van der Waals surface area contributed by atoms with Crippen LogP contribution in [0, 0.1) is 0 Å². The van der Waals surface area contributed by atoms with E-state index in [1.54, 1.807) is 0 Å². The predicted octanol–water partition coefficient (Wildman–Crippen LogP) is 1.66. The highest BCUT2D eigenvalue weighted by molar-refractivity contribution is 5.77. The Balaban J connectivity index is 2.00. The van der Waals surface area contributed by atoms with Crippen LogP contribution in [0.2, 0.25) is 0 Å². The van der Waals surface area contributed by atoms with E-state index < -0.39 is 0 Å². The molecular formula is C13H17NO3. The van der Waals surface area contributed by atoms with Crippen LogP contribution in [0.15, 0.2) is 24.3 Å². The van der Waals surface area contributed by atoms with Crippen molar-refractivity contribution in [3.8, 4) is 5.75 Å². The minimum Gasteiger partial charge on any atom is -0.491 e. The van der Waals surface area contributed by atoms with Crippen molar-refractivity contribution in [3.05, 3.63) is 29.8 Å². The fraction of sp³-hybridized carbons (Fsp3) is 0.462. The van der Waals surface area contributed by atoms with Crippen LogP contribution in [0.5, 0.6) is 5.75 Å². The van der Waals surface area contributed by atoms with E-state index in [9.17, 15) is 4.79 Å². The van der Waals surface area contributed by atoms with Gasteiger partial charge in [0, 0.05) is 6.54 Å². The molecule has 1 aliphatic heterocycles. The number of carbonyl (C=O) groups is 1. The van der Waals surface area contributed by atoms with Gasteiger partial charge < -0.3 is 14.8 Å². The van der Waals surface area contributed by atoms with Gasteiger partial charge in [0.2, 0.25) is 5.91 Å². The highest BCUT2D eigenvalue weighted by Gasteiger charge is 2.19. The maximum atomic E-state index is 11.0. The minimum atomic E-state index is -0.0548. The number of nitrogens with one attached hydrogen (secondary N) is 1. The maximum Gasteiger partial charge on any atom is 0.246 e. The zero-order valence-electron chi connectivity index (χ0n) is 10.1. The van der Waals surface area contributed by atoms with E-state index in [4.69, 9.17) is 9.47 Å². The maximum absolute atomic E-state index is 11.0. The first-order valence-electron chi connectivity index (χ1n) is 5.80. The fourth-order valence-corrected chi connectivity index (χ4v) is 1.74. The number of hydrogen-bond donors (Lipinski definition) is 1. The first kappa shape index (κ1) is 11.9. The summed E-state index contributed by atoms with van der Waals surface area (Å²) in [6, 6.07) is 7.80. The summed E-state index contributed by atoms with van der Waals surface area (Å²) in [6.45, 7) is 4.65. The SMILES string of the molecule is CC(C)Oc1ccc([C@@H]2CNC(=O)CO2)cc1. The normalized spacial score (nSPS) is 20.2. The van der Waals surface area contributed by atoms with Crippen LogP contribution >= 0.6 is 0 Å². The van der Waals surface area contributed by atoms with E-state index in [1.165, 1.54) is 0 Å². The molecule has 1 aromatic carbocycles. The molecule has 1 amide bonds. The van der Waals surface area contributed by atoms with E-state index in [1.807, 2.05) is 38.1 Å². The van der Waals surface area contributed by atoms with Gasteiger partial charge in [0.15, 0.2) is 0 Å². The Morgan fingerprint density at radius 2 is 2.06 bits per heavy atom. The second-order valence-electron chi connectivity index (χ2n) is 4.34. The van der Waals surface area contributed by atoms with Gasteiger partial charge in [0.25, 0.3) is 0 Å². The van der Waals surface area contributed by atoms with E-state index in [-0.39, 0.29) is 24.7 Å². The molecule has 17 heavy (non-hydrogen) atoms. The lowest BCUT2D eigenvalue weighted by Gasteiger charge is -2.23. The smallest absolute Gasteiger partial charge is 0.246 e. The fourth-order valence-electron chi connectivity index (χ4n) is 1.74. The molecule has 0 aliphatic carbocycles. The number of ether oxygens (including phenoxy) is 2. The van der Waals surface area contributed by atoms with Gasteiger partial charge in [-0.05, 0) is 31.5 Å². The van der Waals surface area contributed by atoms with Gasteiger partial charge in [-0.2, -0.15) is 0 Å². The summed E-state index contributed by atoms with van der Waals surface area (Å²) >= 11 is 0. The molecule has 92 valence electrons. The van der Waals surface area contributed by atoms with Crippen molar-refractivity contribution in [3.63, 3.8) is 0 Å². The summed E-state index contributed by atoms with van der Waals surface area (Å²) in [5.41, 5.74) is 1.06. The van der Waals surface area contributed by atoms with Crippen molar-refractivity contribution in [2.24, 2.45) is 0 Å². The third kappa shape index (κ3) is 3.20. The molecule has 0 bridgehead atoms. The molecule has 0 radical (unpaired) electrons. The summed E-state index contributed by atoms with van der Waals surface area (Å²) < 4.78 is 11.0. The Morgan fingerprint density at radius 3 is 2.59 bits per heavy atom. The van der Waals surface area contributed by atoms with Gasteiger partial charge in [-0.3, -0.25) is 4.79 Å². The van der Waals surface area contributed by atoms with Gasteiger partial charge in [-0.25, -0.2) is 0 Å². The van der Waals surface area contributed by atoms with Crippen LogP contribution in [0.1, 0.15) is 25.5 Å². The van der Waals surface area contributed by atoms with Gasteiger partial charge in [-0.15, -0.1) is 0 Å². The Kier molecular flexibility index (Phi) is 3.64. The van der Waals surface area contributed by atoms with Crippen LogP contribution in [0.3, 0.4) is 0 Å². The molecule has 1 atom stereocenters. The molecule has 1 N–H and O–H groups in total. The number of carbonyl (C=O) groups excluding carboxylic acids is 1. The standard InChI is InChI=1S/C13H17NO3/c1-9(2)17-11-5-3-10(4-6-11)12-7-14-13(15)8-16-12/h3-6,9,12H,7-8H2,1-2H3,(H,14,15)/t12-/m0/s1. The molecule has 0 unspecified atom stereocenters. The number of rotatable bonds is 3. The molecule has 4 nitrogen and oxygen atoms in total. The molecule has 1 fully saturated rings. The summed E-state index contributed by atoms with van der Waals surface area (Å²) in [5, 5.41) is 2.78. The Labute approximate surface area is 101 Å². The average Bonchev–Trinajstić information content (AvgIpc) is 2.30. The molecule has 0 aromatic heterocycles. The number of benzene rings is 1. The molecule has 0 spiro atoms. The van der Waals surface area contributed by atoms with Gasteiger partial charge >= 0.3 is 0 Å². The predicted molar refractivity (Wildman–Crippen MR) is 63.9 cm³/mol. The van der Waals surface area contributed by atoms with Crippen LogP contribution in [-0.4, -0.2) is 25.2 Å². The highest BCUT2D eigenvalue weighted by Crippen LogP contribution is 2.22.